The summed E-state index contributed by atoms with van der Waals surface area (Å²) in [6.07, 6.45) is 1.43. The number of ether oxygens (including phenoxy) is 1. The van der Waals surface area contributed by atoms with Crippen LogP contribution >= 0.6 is 23.7 Å². The number of aryl methyl sites for hydroxylation is 1. The van der Waals surface area contributed by atoms with Crippen molar-refractivity contribution >= 4 is 45.0 Å². The van der Waals surface area contributed by atoms with Gasteiger partial charge in [-0.2, -0.15) is 0 Å². The molecule has 25 heavy (non-hydrogen) atoms. The molecule has 2 aromatic rings. The number of benzene rings is 1. The molecule has 0 spiro atoms. The number of rotatable bonds is 6. The van der Waals surface area contributed by atoms with Crippen molar-refractivity contribution < 1.29 is 9.53 Å². The van der Waals surface area contributed by atoms with E-state index in [0.29, 0.717) is 13.0 Å². The number of anilines is 1. The van der Waals surface area contributed by atoms with Crippen molar-refractivity contribution in [3.63, 3.8) is 0 Å². The van der Waals surface area contributed by atoms with Crippen LogP contribution < -0.4 is 4.90 Å². The molecule has 1 aliphatic heterocycles. The topological polar surface area (TPSA) is 45.7 Å². The molecule has 0 N–H and O–H groups in total. The van der Waals surface area contributed by atoms with Gasteiger partial charge in [0.1, 0.15) is 0 Å². The molecular formula is C18H26ClN3O2S. The first kappa shape index (κ1) is 20.1. The van der Waals surface area contributed by atoms with Gasteiger partial charge in [0.15, 0.2) is 5.13 Å². The van der Waals surface area contributed by atoms with Gasteiger partial charge in [-0.25, -0.2) is 4.98 Å². The van der Waals surface area contributed by atoms with E-state index in [0.717, 1.165) is 60.2 Å². The predicted octanol–water partition coefficient (Wildman–Crippen LogP) is 3.49. The molecule has 0 saturated carbocycles. The van der Waals surface area contributed by atoms with E-state index in [1.165, 1.54) is 0 Å². The summed E-state index contributed by atoms with van der Waals surface area (Å²) in [4.78, 5) is 21.6. The summed E-state index contributed by atoms with van der Waals surface area (Å²) in [7, 11) is 0. The number of thiazole rings is 1. The first-order valence-corrected chi connectivity index (χ1v) is 9.47. The van der Waals surface area contributed by atoms with E-state index in [9.17, 15) is 4.79 Å². The zero-order valence-corrected chi connectivity index (χ0v) is 16.5. The highest BCUT2D eigenvalue weighted by atomic mass is 35.5. The van der Waals surface area contributed by atoms with Gasteiger partial charge in [-0.1, -0.05) is 30.4 Å². The van der Waals surface area contributed by atoms with Crippen molar-refractivity contribution in [2.45, 2.75) is 26.7 Å². The van der Waals surface area contributed by atoms with Crippen LogP contribution in [0.3, 0.4) is 0 Å². The minimum absolute atomic E-state index is 0. The quantitative estimate of drug-likeness (QED) is 0.766. The number of carbonyl (C=O) groups is 1. The fourth-order valence-corrected chi connectivity index (χ4v) is 4.02. The Labute approximate surface area is 159 Å². The molecule has 138 valence electrons. The van der Waals surface area contributed by atoms with Gasteiger partial charge < -0.3 is 4.74 Å². The third-order valence-electron chi connectivity index (χ3n) is 4.35. The lowest BCUT2D eigenvalue weighted by Gasteiger charge is -2.29. The normalized spacial score (nSPS) is 15.1. The molecular weight excluding hydrogens is 358 g/mol. The molecule has 3 rings (SSSR count). The maximum absolute atomic E-state index is 12.6. The second-order valence-corrected chi connectivity index (χ2v) is 7.18. The molecule has 0 unspecified atom stereocenters. The van der Waals surface area contributed by atoms with E-state index >= 15 is 0 Å². The van der Waals surface area contributed by atoms with Crippen molar-refractivity contribution in [2.75, 3.05) is 44.3 Å². The first-order valence-electron chi connectivity index (χ1n) is 8.65. The SMILES string of the molecule is CCCC(=O)N(CCN1CCOCC1)c1nc2c(C)cccc2s1.Cl. The smallest absolute Gasteiger partial charge is 0.228 e. The van der Waals surface area contributed by atoms with Gasteiger partial charge in [0.2, 0.25) is 5.91 Å². The maximum atomic E-state index is 12.6. The first-order chi connectivity index (χ1) is 11.7. The van der Waals surface area contributed by atoms with Gasteiger partial charge >= 0.3 is 0 Å². The van der Waals surface area contributed by atoms with Gasteiger partial charge in [0.25, 0.3) is 0 Å². The monoisotopic (exact) mass is 383 g/mol. The van der Waals surface area contributed by atoms with E-state index in [2.05, 4.69) is 24.0 Å². The number of hydrogen-bond acceptors (Lipinski definition) is 5. The molecule has 1 fully saturated rings. The average Bonchev–Trinajstić information content (AvgIpc) is 3.01. The van der Waals surface area contributed by atoms with Crippen LogP contribution in [0.25, 0.3) is 10.2 Å². The second-order valence-electron chi connectivity index (χ2n) is 6.17. The molecule has 1 saturated heterocycles. The van der Waals surface area contributed by atoms with Gasteiger partial charge in [0.05, 0.1) is 23.4 Å². The number of aromatic nitrogens is 1. The Morgan fingerprint density at radius 3 is 2.80 bits per heavy atom. The minimum atomic E-state index is 0. The van der Waals surface area contributed by atoms with Crippen LogP contribution in [0.1, 0.15) is 25.3 Å². The summed E-state index contributed by atoms with van der Waals surface area (Å²) in [6.45, 7) is 9.11. The number of nitrogens with zero attached hydrogens (tertiary/aromatic N) is 3. The summed E-state index contributed by atoms with van der Waals surface area (Å²) in [5.41, 5.74) is 2.17. The maximum Gasteiger partial charge on any atom is 0.228 e. The van der Waals surface area contributed by atoms with Gasteiger partial charge in [-0.3, -0.25) is 14.6 Å². The zero-order chi connectivity index (χ0) is 16.9. The van der Waals surface area contributed by atoms with Crippen LogP contribution in [0.15, 0.2) is 18.2 Å². The van der Waals surface area contributed by atoms with Gasteiger partial charge in [-0.05, 0) is 25.0 Å². The average molecular weight is 384 g/mol. The van der Waals surface area contributed by atoms with Crippen LogP contribution in [0.4, 0.5) is 5.13 Å². The highest BCUT2D eigenvalue weighted by Crippen LogP contribution is 2.31. The lowest BCUT2D eigenvalue weighted by Crippen LogP contribution is -2.43. The molecule has 7 heteroatoms. The lowest BCUT2D eigenvalue weighted by molar-refractivity contribution is -0.118. The summed E-state index contributed by atoms with van der Waals surface area (Å²) >= 11 is 1.61. The molecule has 0 radical (unpaired) electrons. The molecule has 2 heterocycles. The minimum Gasteiger partial charge on any atom is -0.379 e. The summed E-state index contributed by atoms with van der Waals surface area (Å²) in [6, 6.07) is 6.19. The molecule has 1 aromatic carbocycles. The van der Waals surface area contributed by atoms with Crippen molar-refractivity contribution in [1.82, 2.24) is 9.88 Å². The van der Waals surface area contributed by atoms with Crippen molar-refractivity contribution in [1.29, 1.82) is 0 Å². The summed E-state index contributed by atoms with van der Waals surface area (Å²) < 4.78 is 6.54. The van der Waals surface area contributed by atoms with E-state index in [-0.39, 0.29) is 18.3 Å². The Balaban J connectivity index is 0.00000225. The van der Waals surface area contributed by atoms with Crippen LogP contribution in [-0.4, -0.2) is 55.2 Å². The molecule has 5 nitrogen and oxygen atoms in total. The van der Waals surface area contributed by atoms with Gasteiger partial charge in [-0.15, -0.1) is 12.4 Å². The molecule has 0 aliphatic carbocycles. The van der Waals surface area contributed by atoms with Crippen molar-refractivity contribution in [3.05, 3.63) is 23.8 Å². The van der Waals surface area contributed by atoms with E-state index in [1.54, 1.807) is 11.3 Å². The fraction of sp³-hybridized carbons (Fsp3) is 0.556. The molecule has 1 amide bonds. The van der Waals surface area contributed by atoms with Crippen LogP contribution in [-0.2, 0) is 9.53 Å². The summed E-state index contributed by atoms with van der Waals surface area (Å²) in [5.74, 6) is 0.169. The Kier molecular flexibility index (Phi) is 7.62. The Hall–Kier alpha value is -1.21. The number of morpholine rings is 1. The second kappa shape index (κ2) is 9.48. The number of carbonyl (C=O) groups excluding carboxylic acids is 1. The number of fused-ring (bicyclic) bond motifs is 1. The van der Waals surface area contributed by atoms with Crippen molar-refractivity contribution in [3.8, 4) is 0 Å². The van der Waals surface area contributed by atoms with E-state index in [4.69, 9.17) is 9.72 Å². The van der Waals surface area contributed by atoms with Gasteiger partial charge in [0, 0.05) is 32.6 Å². The number of amides is 1. The highest BCUT2D eigenvalue weighted by Gasteiger charge is 2.21. The third kappa shape index (κ3) is 4.91. The number of para-hydroxylation sites is 1. The van der Waals surface area contributed by atoms with Crippen LogP contribution in [0.2, 0.25) is 0 Å². The Bertz CT molecular complexity index is 701. The largest absolute Gasteiger partial charge is 0.379 e. The van der Waals surface area contributed by atoms with Crippen LogP contribution in [0.5, 0.6) is 0 Å². The number of hydrogen-bond donors (Lipinski definition) is 0. The third-order valence-corrected chi connectivity index (χ3v) is 5.39. The highest BCUT2D eigenvalue weighted by molar-refractivity contribution is 7.22. The standard InChI is InChI=1S/C18H25N3O2S.ClH/c1-3-5-16(22)21(9-8-20-10-12-23-13-11-20)18-19-17-14(2)6-4-7-15(17)24-18;/h4,6-7H,3,5,8-13H2,1-2H3;1H. The predicted molar refractivity (Wildman–Crippen MR) is 106 cm³/mol. The molecule has 1 aromatic heterocycles. The lowest BCUT2D eigenvalue weighted by atomic mass is 10.2. The Morgan fingerprint density at radius 2 is 2.12 bits per heavy atom. The van der Waals surface area contributed by atoms with Crippen LogP contribution in [0, 0.1) is 6.92 Å². The summed E-state index contributed by atoms with van der Waals surface area (Å²) in [5, 5.41) is 0.825. The zero-order valence-electron chi connectivity index (χ0n) is 14.9. The van der Waals surface area contributed by atoms with E-state index < -0.39 is 0 Å². The van der Waals surface area contributed by atoms with E-state index in [1.807, 2.05) is 17.9 Å². The van der Waals surface area contributed by atoms with Crippen molar-refractivity contribution in [2.24, 2.45) is 0 Å². The molecule has 0 atom stereocenters. The number of halogens is 1. The fourth-order valence-electron chi connectivity index (χ4n) is 2.93. The molecule has 0 bridgehead atoms. The molecule has 1 aliphatic rings. The Morgan fingerprint density at radius 1 is 1.36 bits per heavy atom.